The number of carbonyl (C=O) groups is 1. The molecular formula is C25H31FN4O3S. The summed E-state index contributed by atoms with van der Waals surface area (Å²) in [5, 5.41) is 0. The number of nitrogens with zero attached hydrogens (tertiary/aromatic N) is 3. The van der Waals surface area contributed by atoms with Gasteiger partial charge in [-0.3, -0.25) is 0 Å². The molecule has 3 aliphatic heterocycles. The van der Waals surface area contributed by atoms with Crippen LogP contribution in [0.25, 0.3) is 0 Å². The lowest BCUT2D eigenvalue weighted by Crippen LogP contribution is -2.48. The number of carbonyl (C=O) groups excluding carboxylic acids is 1. The number of halogens is 1. The predicted molar refractivity (Wildman–Crippen MR) is 131 cm³/mol. The Bertz CT molecular complexity index is 1070. The van der Waals surface area contributed by atoms with Gasteiger partial charge >= 0.3 is 6.03 Å². The molecular weight excluding hydrogens is 455 g/mol. The molecule has 0 radical (unpaired) electrons. The van der Waals surface area contributed by atoms with Gasteiger partial charge in [-0.2, -0.15) is 4.99 Å². The van der Waals surface area contributed by atoms with Crippen LogP contribution < -0.4 is 10.5 Å². The minimum absolute atomic E-state index is 0.0545. The number of thioether (sulfide) groups is 1. The highest BCUT2D eigenvalue weighted by atomic mass is 32.2. The summed E-state index contributed by atoms with van der Waals surface area (Å²) in [7, 11) is 0. The molecule has 2 N–H and O–H groups in total. The average Bonchev–Trinajstić information content (AvgIpc) is 3.52. The van der Waals surface area contributed by atoms with Gasteiger partial charge in [0.15, 0.2) is 11.6 Å². The SMILES string of the molecule is CSc1ccc(OC2=NC=CC(OC3(C)CC4CCC3N4C(=O)N=C(N)C3CC3)C2C)c(F)c1. The molecule has 0 spiro atoms. The molecule has 7 nitrogen and oxygen atoms in total. The Balaban J connectivity index is 1.27. The van der Waals surface area contributed by atoms with Crippen molar-refractivity contribution < 1.29 is 18.7 Å². The molecule has 3 fully saturated rings. The Morgan fingerprint density at radius 2 is 2.12 bits per heavy atom. The molecule has 0 aromatic heterocycles. The van der Waals surface area contributed by atoms with E-state index in [1.165, 1.54) is 17.8 Å². The molecule has 2 amide bonds. The van der Waals surface area contributed by atoms with Crippen molar-refractivity contribution in [2.24, 2.45) is 27.6 Å². The number of nitrogens with two attached hydrogens (primary N) is 1. The Hall–Kier alpha value is -2.39. The van der Waals surface area contributed by atoms with Crippen LogP contribution in [0.15, 0.2) is 45.4 Å². The Morgan fingerprint density at radius 1 is 1.32 bits per heavy atom. The van der Waals surface area contributed by atoms with Crippen LogP contribution in [0.1, 0.15) is 46.0 Å². The number of rotatable bonds is 5. The largest absolute Gasteiger partial charge is 0.440 e. The van der Waals surface area contributed by atoms with Crippen LogP contribution in [0.4, 0.5) is 9.18 Å². The predicted octanol–water partition coefficient (Wildman–Crippen LogP) is 4.76. The van der Waals surface area contributed by atoms with Gasteiger partial charge in [-0.15, -0.1) is 11.8 Å². The average molecular weight is 487 g/mol. The quantitative estimate of drug-likeness (QED) is 0.368. The summed E-state index contributed by atoms with van der Waals surface area (Å²) in [4.78, 5) is 24.2. The highest BCUT2D eigenvalue weighted by molar-refractivity contribution is 7.98. The Labute approximate surface area is 203 Å². The lowest BCUT2D eigenvalue weighted by atomic mass is 9.85. The highest BCUT2D eigenvalue weighted by Crippen LogP contribution is 2.48. The smallest absolute Gasteiger partial charge is 0.345 e. The second-order valence-corrected chi connectivity index (χ2v) is 10.7. The number of fused-ring (bicyclic) bond motifs is 2. The van der Waals surface area contributed by atoms with Crippen molar-refractivity contribution >= 4 is 29.5 Å². The van der Waals surface area contributed by atoms with Crippen LogP contribution in [-0.4, -0.2) is 52.7 Å². The molecule has 1 aromatic carbocycles. The molecule has 3 heterocycles. The highest BCUT2D eigenvalue weighted by Gasteiger charge is 2.57. The molecule has 2 saturated heterocycles. The summed E-state index contributed by atoms with van der Waals surface area (Å²) in [5.41, 5.74) is 5.49. The van der Waals surface area contributed by atoms with Gasteiger partial charge in [-0.05, 0) is 69.6 Å². The van der Waals surface area contributed by atoms with E-state index in [2.05, 4.69) is 16.9 Å². The maximum Gasteiger partial charge on any atom is 0.345 e. The number of hydrogen-bond donors (Lipinski definition) is 1. The first-order chi connectivity index (χ1) is 16.3. The van der Waals surface area contributed by atoms with Crippen LogP contribution in [0.3, 0.4) is 0 Å². The van der Waals surface area contributed by atoms with Gasteiger partial charge in [-0.1, -0.05) is 6.92 Å². The fourth-order valence-electron chi connectivity index (χ4n) is 5.34. The second kappa shape index (κ2) is 9.00. The lowest BCUT2D eigenvalue weighted by Gasteiger charge is -2.38. The van der Waals surface area contributed by atoms with Gasteiger partial charge in [0.2, 0.25) is 5.90 Å². The second-order valence-electron chi connectivity index (χ2n) is 9.84. The van der Waals surface area contributed by atoms with Crippen LogP contribution in [0, 0.1) is 17.7 Å². The molecule has 1 aliphatic carbocycles. The number of ether oxygens (including phenoxy) is 2. The first kappa shape index (κ1) is 23.4. The molecule has 5 atom stereocenters. The zero-order valence-corrected chi connectivity index (χ0v) is 20.6. The standard InChI is InChI=1S/C25H31FN4O3S/c1-14-19(10-11-28-23(14)32-20-8-7-17(34-3)12-18(20)26)33-25(2)13-16-6-9-21(25)30(16)24(31)29-22(27)15-4-5-15/h7-8,10-12,14-16,19,21H,4-6,9,13H2,1-3H3,(H2,27,29,31). The van der Waals surface area contributed by atoms with E-state index < -0.39 is 11.4 Å². The van der Waals surface area contributed by atoms with E-state index in [4.69, 9.17) is 15.2 Å². The van der Waals surface area contributed by atoms with Gasteiger partial charge in [0.25, 0.3) is 0 Å². The molecule has 182 valence electrons. The number of urea groups is 1. The molecule has 9 heteroatoms. The number of aliphatic imine (C=N–C) groups is 2. The molecule has 1 aromatic rings. The number of benzene rings is 1. The van der Waals surface area contributed by atoms with Crippen molar-refractivity contribution in [2.75, 3.05) is 6.26 Å². The number of hydrogen-bond acceptors (Lipinski definition) is 5. The third-order valence-electron chi connectivity index (χ3n) is 7.41. The van der Waals surface area contributed by atoms with E-state index in [0.717, 1.165) is 37.0 Å². The van der Waals surface area contributed by atoms with E-state index in [0.29, 0.717) is 11.7 Å². The van der Waals surface area contributed by atoms with E-state index in [-0.39, 0.29) is 41.8 Å². The number of amidine groups is 1. The summed E-state index contributed by atoms with van der Waals surface area (Å²) in [6.45, 7) is 4.03. The monoisotopic (exact) mass is 486 g/mol. The summed E-state index contributed by atoms with van der Waals surface area (Å²) in [6.07, 6.45) is 9.74. The fourth-order valence-corrected chi connectivity index (χ4v) is 5.77. The zero-order chi connectivity index (χ0) is 24.0. The molecule has 1 saturated carbocycles. The van der Waals surface area contributed by atoms with Gasteiger partial charge in [0.1, 0.15) is 5.84 Å². The molecule has 2 bridgehead atoms. The third kappa shape index (κ3) is 4.35. The van der Waals surface area contributed by atoms with Crippen LogP contribution in [0.5, 0.6) is 5.75 Å². The van der Waals surface area contributed by atoms with Crippen molar-refractivity contribution in [2.45, 2.75) is 74.6 Å². The topological polar surface area (TPSA) is 89.5 Å². The van der Waals surface area contributed by atoms with Crippen molar-refractivity contribution in [3.05, 3.63) is 36.3 Å². The normalized spacial score (nSPS) is 32.8. The molecule has 4 aliphatic rings. The van der Waals surface area contributed by atoms with Gasteiger partial charge in [0, 0.05) is 23.1 Å². The molecule has 5 unspecified atom stereocenters. The lowest BCUT2D eigenvalue weighted by molar-refractivity contribution is -0.0926. The minimum atomic E-state index is -0.514. The van der Waals surface area contributed by atoms with Gasteiger partial charge in [-0.25, -0.2) is 14.2 Å². The molecule has 34 heavy (non-hydrogen) atoms. The fraction of sp³-hybridized carbons (Fsp3) is 0.560. The first-order valence-electron chi connectivity index (χ1n) is 11.9. The Kier molecular flexibility index (Phi) is 6.18. The van der Waals surface area contributed by atoms with Crippen molar-refractivity contribution in [1.29, 1.82) is 0 Å². The van der Waals surface area contributed by atoms with E-state index in [9.17, 15) is 9.18 Å². The van der Waals surface area contributed by atoms with Crippen LogP contribution in [0.2, 0.25) is 0 Å². The summed E-state index contributed by atoms with van der Waals surface area (Å²) < 4.78 is 27.0. The number of amides is 2. The molecule has 5 rings (SSSR count). The van der Waals surface area contributed by atoms with E-state index in [1.54, 1.807) is 12.3 Å². The summed E-state index contributed by atoms with van der Waals surface area (Å²) in [5.74, 6) is 0.636. The maximum atomic E-state index is 14.5. The first-order valence-corrected chi connectivity index (χ1v) is 13.1. The van der Waals surface area contributed by atoms with E-state index in [1.807, 2.05) is 30.2 Å². The summed E-state index contributed by atoms with van der Waals surface area (Å²) >= 11 is 1.47. The van der Waals surface area contributed by atoms with Crippen molar-refractivity contribution in [1.82, 2.24) is 4.90 Å². The van der Waals surface area contributed by atoms with Gasteiger partial charge in [0.05, 0.1) is 23.7 Å². The third-order valence-corrected chi connectivity index (χ3v) is 8.13. The summed E-state index contributed by atoms with van der Waals surface area (Å²) in [6, 6.07) is 4.71. The van der Waals surface area contributed by atoms with Gasteiger partial charge < -0.3 is 20.1 Å². The van der Waals surface area contributed by atoms with E-state index >= 15 is 0 Å². The Morgan fingerprint density at radius 3 is 2.82 bits per heavy atom. The minimum Gasteiger partial charge on any atom is -0.440 e. The van der Waals surface area contributed by atoms with Crippen LogP contribution in [-0.2, 0) is 4.74 Å². The van der Waals surface area contributed by atoms with Crippen molar-refractivity contribution in [3.8, 4) is 5.75 Å². The zero-order valence-electron chi connectivity index (χ0n) is 19.7. The van der Waals surface area contributed by atoms with Crippen molar-refractivity contribution in [3.63, 3.8) is 0 Å². The maximum absolute atomic E-state index is 14.5. The van der Waals surface area contributed by atoms with Crippen LogP contribution >= 0.6 is 11.8 Å².